The molecule has 1 aromatic rings. The molecule has 2 aliphatic heterocycles. The third kappa shape index (κ3) is 4.56. The number of aryl methyl sites for hydroxylation is 3. The summed E-state index contributed by atoms with van der Waals surface area (Å²) in [6.07, 6.45) is 5.04. The molecule has 2 aliphatic rings. The van der Waals surface area contributed by atoms with Crippen LogP contribution in [0.4, 0.5) is 0 Å². The van der Waals surface area contributed by atoms with Gasteiger partial charge in [0.1, 0.15) is 0 Å². The number of aliphatic hydroxyl groups excluding tert-OH is 1. The van der Waals surface area contributed by atoms with E-state index < -0.39 is 10.0 Å². The maximum atomic E-state index is 13.2. The number of nitrogens with zero attached hydrogens (tertiary/aromatic N) is 2. The molecule has 3 rings (SSSR count). The van der Waals surface area contributed by atoms with E-state index in [4.69, 9.17) is 5.11 Å². The first-order valence-corrected chi connectivity index (χ1v) is 11.7. The molecular weight excluding hydrogens is 360 g/mol. The number of sulfonamides is 1. The monoisotopic (exact) mass is 394 g/mol. The number of benzene rings is 1. The van der Waals surface area contributed by atoms with Gasteiger partial charge in [-0.15, -0.1) is 0 Å². The summed E-state index contributed by atoms with van der Waals surface area (Å²) in [7, 11) is -3.42. The normalized spacial score (nSPS) is 21.6. The number of hydrogen-bond acceptors (Lipinski definition) is 4. The van der Waals surface area contributed by atoms with Gasteiger partial charge in [0.2, 0.25) is 10.0 Å². The molecule has 0 amide bonds. The lowest BCUT2D eigenvalue weighted by Gasteiger charge is -2.41. The summed E-state index contributed by atoms with van der Waals surface area (Å²) < 4.78 is 28.1. The molecule has 1 N–H and O–H groups in total. The molecule has 0 aliphatic carbocycles. The molecule has 0 bridgehead atoms. The predicted octanol–water partition coefficient (Wildman–Crippen LogP) is 2.86. The van der Waals surface area contributed by atoms with Crippen LogP contribution in [-0.2, 0) is 10.0 Å². The van der Waals surface area contributed by atoms with Crippen LogP contribution in [0.25, 0.3) is 0 Å². The average Bonchev–Trinajstić information content (AvgIpc) is 2.61. The zero-order valence-corrected chi connectivity index (χ0v) is 17.8. The number of aliphatic hydroxyl groups is 1. The van der Waals surface area contributed by atoms with Crippen molar-refractivity contribution in [3.8, 4) is 0 Å². The molecule has 2 fully saturated rings. The number of piperidine rings is 2. The van der Waals surface area contributed by atoms with Crippen molar-refractivity contribution < 1.29 is 13.5 Å². The van der Waals surface area contributed by atoms with Crippen LogP contribution < -0.4 is 0 Å². The van der Waals surface area contributed by atoms with E-state index in [-0.39, 0.29) is 0 Å². The zero-order valence-electron chi connectivity index (χ0n) is 16.9. The number of likely N-dealkylation sites (tertiary alicyclic amines) is 1. The van der Waals surface area contributed by atoms with Crippen LogP contribution in [0, 0.1) is 26.7 Å². The van der Waals surface area contributed by atoms with Crippen LogP contribution >= 0.6 is 0 Å². The summed E-state index contributed by atoms with van der Waals surface area (Å²) in [5.41, 5.74) is 2.80. The molecule has 2 heterocycles. The molecular formula is C21H34N2O3S. The van der Waals surface area contributed by atoms with E-state index in [9.17, 15) is 8.42 Å². The Morgan fingerprint density at radius 3 is 2.04 bits per heavy atom. The molecule has 0 atom stereocenters. The molecule has 152 valence electrons. The highest BCUT2D eigenvalue weighted by Crippen LogP contribution is 2.30. The van der Waals surface area contributed by atoms with Crippen LogP contribution in [0.2, 0.25) is 0 Å². The molecule has 0 radical (unpaired) electrons. The molecule has 0 spiro atoms. The fourth-order valence-corrected chi connectivity index (χ4v) is 6.82. The van der Waals surface area contributed by atoms with Crippen molar-refractivity contribution in [2.75, 3.05) is 32.8 Å². The largest absolute Gasteiger partial charge is 0.396 e. The lowest BCUT2D eigenvalue weighted by Crippen LogP contribution is -2.49. The molecule has 1 aromatic carbocycles. The minimum atomic E-state index is -3.42. The van der Waals surface area contributed by atoms with Crippen molar-refractivity contribution in [1.29, 1.82) is 0 Å². The van der Waals surface area contributed by atoms with Crippen molar-refractivity contribution in [3.05, 3.63) is 28.8 Å². The van der Waals surface area contributed by atoms with E-state index in [0.717, 1.165) is 61.9 Å². The summed E-state index contributed by atoms with van der Waals surface area (Å²) in [6, 6.07) is 4.42. The summed E-state index contributed by atoms with van der Waals surface area (Å²) in [5.74, 6) is 0.652. The van der Waals surface area contributed by atoms with Crippen LogP contribution in [0.5, 0.6) is 0 Å². The standard InChI is InChI=1S/C21H34N2O3S/c1-16-14-17(2)21(18(3)15-16)27(25,26)23-11-6-20(7-12-23)22-9-4-19(5-10-22)8-13-24/h14-15,19-20,24H,4-13H2,1-3H3. The molecule has 27 heavy (non-hydrogen) atoms. The van der Waals surface area contributed by atoms with Crippen LogP contribution in [0.15, 0.2) is 17.0 Å². The molecule has 6 heteroatoms. The molecule has 2 saturated heterocycles. The maximum absolute atomic E-state index is 13.2. The van der Waals surface area contributed by atoms with Gasteiger partial charge in [-0.2, -0.15) is 4.31 Å². The fourth-order valence-electron chi connectivity index (χ4n) is 4.94. The topological polar surface area (TPSA) is 60.9 Å². The first kappa shape index (κ1) is 20.8. The highest BCUT2D eigenvalue weighted by molar-refractivity contribution is 7.89. The third-order valence-electron chi connectivity index (χ3n) is 6.33. The van der Waals surface area contributed by atoms with E-state index in [1.165, 1.54) is 0 Å². The SMILES string of the molecule is Cc1cc(C)c(S(=O)(=O)N2CCC(N3CCC(CCO)CC3)CC2)c(C)c1. The lowest BCUT2D eigenvalue weighted by molar-refractivity contribution is 0.0894. The highest BCUT2D eigenvalue weighted by Gasteiger charge is 2.34. The van der Waals surface area contributed by atoms with Gasteiger partial charge in [0.05, 0.1) is 4.90 Å². The first-order valence-electron chi connectivity index (χ1n) is 10.3. The van der Waals surface area contributed by atoms with Gasteiger partial charge in [0, 0.05) is 25.7 Å². The second kappa shape index (κ2) is 8.60. The Kier molecular flexibility index (Phi) is 6.62. The van der Waals surface area contributed by atoms with Crippen LogP contribution in [0.3, 0.4) is 0 Å². The van der Waals surface area contributed by atoms with E-state index in [1.54, 1.807) is 4.31 Å². The zero-order chi connectivity index (χ0) is 19.6. The molecule has 0 saturated carbocycles. The molecule has 0 aromatic heterocycles. The van der Waals surface area contributed by atoms with Gasteiger partial charge >= 0.3 is 0 Å². The Hall–Kier alpha value is -0.950. The van der Waals surface area contributed by atoms with E-state index in [1.807, 2.05) is 32.9 Å². The Balaban J connectivity index is 1.62. The second-order valence-corrected chi connectivity index (χ2v) is 10.2. The first-order chi connectivity index (χ1) is 12.8. The third-order valence-corrected chi connectivity index (χ3v) is 8.53. The number of hydrogen-bond donors (Lipinski definition) is 1. The van der Waals surface area contributed by atoms with Crippen LogP contribution in [-0.4, -0.2) is 61.6 Å². The summed E-state index contributed by atoms with van der Waals surface area (Å²) >= 11 is 0. The quantitative estimate of drug-likeness (QED) is 0.834. The summed E-state index contributed by atoms with van der Waals surface area (Å²) in [6.45, 7) is 9.47. The second-order valence-electron chi connectivity index (χ2n) is 8.35. The van der Waals surface area contributed by atoms with Crippen molar-refractivity contribution >= 4 is 10.0 Å². The van der Waals surface area contributed by atoms with Gasteiger partial charge in [-0.05, 0) is 83.0 Å². The minimum Gasteiger partial charge on any atom is -0.396 e. The van der Waals surface area contributed by atoms with Gasteiger partial charge in [-0.1, -0.05) is 17.7 Å². The Bertz CT molecular complexity index is 724. The van der Waals surface area contributed by atoms with Crippen molar-refractivity contribution in [3.63, 3.8) is 0 Å². The predicted molar refractivity (Wildman–Crippen MR) is 108 cm³/mol. The van der Waals surface area contributed by atoms with Crippen LogP contribution in [0.1, 0.15) is 48.8 Å². The van der Waals surface area contributed by atoms with Gasteiger partial charge in [-0.25, -0.2) is 8.42 Å². The smallest absolute Gasteiger partial charge is 0.243 e. The van der Waals surface area contributed by atoms with Crippen molar-refractivity contribution in [2.24, 2.45) is 5.92 Å². The Labute approximate surface area is 164 Å². The Morgan fingerprint density at radius 1 is 0.963 bits per heavy atom. The number of rotatable bonds is 5. The fraction of sp³-hybridized carbons (Fsp3) is 0.714. The Morgan fingerprint density at radius 2 is 1.52 bits per heavy atom. The van der Waals surface area contributed by atoms with E-state index in [0.29, 0.717) is 36.6 Å². The van der Waals surface area contributed by atoms with E-state index in [2.05, 4.69) is 4.90 Å². The molecule has 5 nitrogen and oxygen atoms in total. The minimum absolute atomic E-state index is 0.290. The van der Waals surface area contributed by atoms with Gasteiger partial charge in [0.15, 0.2) is 0 Å². The molecule has 0 unspecified atom stereocenters. The van der Waals surface area contributed by atoms with Crippen molar-refractivity contribution in [2.45, 2.75) is 63.8 Å². The van der Waals surface area contributed by atoms with Crippen molar-refractivity contribution in [1.82, 2.24) is 9.21 Å². The highest BCUT2D eigenvalue weighted by atomic mass is 32.2. The average molecular weight is 395 g/mol. The lowest BCUT2D eigenvalue weighted by atomic mass is 9.92. The van der Waals surface area contributed by atoms with Gasteiger partial charge in [0.25, 0.3) is 0 Å². The van der Waals surface area contributed by atoms with Gasteiger partial charge < -0.3 is 10.0 Å². The van der Waals surface area contributed by atoms with E-state index >= 15 is 0 Å². The summed E-state index contributed by atoms with van der Waals surface area (Å²) in [4.78, 5) is 3.04. The summed E-state index contributed by atoms with van der Waals surface area (Å²) in [5, 5.41) is 9.11. The van der Waals surface area contributed by atoms with Gasteiger partial charge in [-0.3, -0.25) is 0 Å². The maximum Gasteiger partial charge on any atom is 0.243 e.